The van der Waals surface area contributed by atoms with Crippen LogP contribution in [-0.4, -0.2) is 24.8 Å². The van der Waals surface area contributed by atoms with Gasteiger partial charge in [-0.1, -0.05) is 150 Å². The molecule has 0 aromatic carbocycles. The second kappa shape index (κ2) is 14.9. The molecule has 1 aliphatic rings. The average Bonchev–Trinajstić information content (AvgIpc) is 2.80. The highest BCUT2D eigenvalue weighted by Crippen LogP contribution is 2.58. The molecule has 0 unspecified atom stereocenters. The number of amides is 1. The van der Waals surface area contributed by atoms with E-state index in [1.54, 1.807) is 0 Å². The van der Waals surface area contributed by atoms with Crippen LogP contribution in [0, 0.1) is 0 Å². The second-order valence-corrected chi connectivity index (χ2v) is 12.2. The van der Waals surface area contributed by atoms with Crippen LogP contribution in [0.5, 0.6) is 0 Å². The third kappa shape index (κ3) is 9.86. The average molecular weight is 493 g/mol. The summed E-state index contributed by atoms with van der Waals surface area (Å²) >= 11 is 25.0. The molecule has 1 rings (SSSR count). The van der Waals surface area contributed by atoms with E-state index in [4.69, 9.17) is 46.4 Å². The maximum absolute atomic E-state index is 12.1. The zero-order valence-electron chi connectivity index (χ0n) is 17.3. The second-order valence-electron chi connectivity index (χ2n) is 7.89. The fourth-order valence-electron chi connectivity index (χ4n) is 3.47. The van der Waals surface area contributed by atoms with Crippen molar-refractivity contribution in [2.45, 2.75) is 118 Å². The van der Waals surface area contributed by atoms with Crippen LogP contribution in [0.4, 0.5) is 0 Å². The van der Waals surface area contributed by atoms with Crippen LogP contribution in [-0.2, 0) is 4.79 Å². The lowest BCUT2D eigenvalue weighted by atomic mass is 10.0. The Kier molecular flexibility index (Phi) is 14.4. The van der Waals surface area contributed by atoms with Crippen LogP contribution in [0.1, 0.15) is 110 Å². The van der Waals surface area contributed by atoms with Crippen LogP contribution in [0.2, 0.25) is 0 Å². The largest absolute Gasteiger partial charge is 0.281 e. The first-order valence-corrected chi connectivity index (χ1v) is 13.4. The van der Waals surface area contributed by atoms with Gasteiger partial charge in [0, 0.05) is 6.54 Å². The molecule has 1 fully saturated rings. The van der Waals surface area contributed by atoms with Crippen LogP contribution in [0.3, 0.4) is 0 Å². The summed E-state index contributed by atoms with van der Waals surface area (Å²) in [6, 6.07) is 0. The molecule has 166 valence electrons. The monoisotopic (exact) mass is 491 g/mol. The number of hydrogen-bond donors (Lipinski definition) is 0. The Morgan fingerprint density at radius 2 is 1.04 bits per heavy atom. The number of rotatable bonds is 17. The van der Waals surface area contributed by atoms with E-state index in [1.165, 1.54) is 94.2 Å². The van der Waals surface area contributed by atoms with Gasteiger partial charge in [-0.05, 0) is 18.4 Å². The quantitative estimate of drug-likeness (QED) is 0.114. The number of nitrogens with zero attached hydrogens (tertiary/aromatic N) is 1. The summed E-state index contributed by atoms with van der Waals surface area (Å²) in [4.78, 5) is 12.1. The van der Waals surface area contributed by atoms with Crippen LogP contribution >= 0.6 is 58.4 Å². The summed E-state index contributed by atoms with van der Waals surface area (Å²) in [5.41, 5.74) is 0. The van der Waals surface area contributed by atoms with Crippen molar-refractivity contribution in [2.24, 2.45) is 0 Å². The van der Waals surface area contributed by atoms with Crippen LogP contribution < -0.4 is 0 Å². The molecule has 0 aromatic rings. The van der Waals surface area contributed by atoms with Crippen molar-refractivity contribution in [1.82, 2.24) is 4.31 Å². The van der Waals surface area contributed by atoms with Crippen molar-refractivity contribution in [1.29, 1.82) is 0 Å². The van der Waals surface area contributed by atoms with Crippen molar-refractivity contribution in [3.63, 3.8) is 0 Å². The molecular formula is C21H37Cl4NOS. The van der Waals surface area contributed by atoms with E-state index in [1.807, 2.05) is 0 Å². The van der Waals surface area contributed by atoms with Crippen molar-refractivity contribution in [3.05, 3.63) is 0 Å². The van der Waals surface area contributed by atoms with Crippen molar-refractivity contribution in [3.8, 4) is 0 Å². The Bertz CT molecular complexity index is 435. The third-order valence-electron chi connectivity index (χ3n) is 5.30. The molecule has 1 heterocycles. The molecule has 0 N–H and O–H groups in total. The number of alkyl halides is 4. The molecule has 0 aliphatic carbocycles. The Morgan fingerprint density at radius 3 is 1.36 bits per heavy atom. The first-order valence-electron chi connectivity index (χ1n) is 11.1. The highest BCUT2D eigenvalue weighted by Gasteiger charge is 2.62. The van der Waals surface area contributed by atoms with E-state index >= 15 is 0 Å². The minimum Gasteiger partial charge on any atom is -0.281 e. The Hall–Kier alpha value is 0.980. The standard InChI is InChI=1S/C21H37Cl4NOS/c1-2-3-4-5-6-7-8-9-10-11-12-13-14-15-16-17-18-26-19(27)20(22,23)21(24,25)28-26/h2-18H2,1H3. The summed E-state index contributed by atoms with van der Waals surface area (Å²) in [7, 11) is 0. The summed E-state index contributed by atoms with van der Waals surface area (Å²) < 4.78 is -1.78. The summed E-state index contributed by atoms with van der Waals surface area (Å²) in [6.07, 6.45) is 21.1. The Morgan fingerprint density at radius 1 is 0.679 bits per heavy atom. The molecule has 1 amide bonds. The SMILES string of the molecule is CCCCCCCCCCCCCCCCCCN1SC(Cl)(Cl)C(Cl)(Cl)C1=O. The molecule has 0 spiro atoms. The number of hydrogen-bond acceptors (Lipinski definition) is 2. The normalized spacial score (nSPS) is 18.2. The Labute approximate surface area is 196 Å². The lowest BCUT2D eigenvalue weighted by molar-refractivity contribution is -0.125. The van der Waals surface area contributed by atoms with Gasteiger partial charge in [0.15, 0.2) is 0 Å². The van der Waals surface area contributed by atoms with Gasteiger partial charge < -0.3 is 0 Å². The molecule has 0 aromatic heterocycles. The van der Waals surface area contributed by atoms with Gasteiger partial charge in [0.25, 0.3) is 5.91 Å². The number of unbranched alkanes of at least 4 members (excludes halogenated alkanes) is 15. The molecule has 0 bridgehead atoms. The predicted octanol–water partition coefficient (Wildman–Crippen LogP) is 9.04. The molecule has 0 atom stereocenters. The van der Waals surface area contributed by atoms with Crippen molar-refractivity contribution < 1.29 is 4.79 Å². The van der Waals surface area contributed by atoms with E-state index in [2.05, 4.69) is 6.92 Å². The lowest BCUT2D eigenvalue weighted by Crippen LogP contribution is -2.37. The van der Waals surface area contributed by atoms with Crippen molar-refractivity contribution >= 4 is 64.3 Å². The minimum atomic E-state index is -1.77. The van der Waals surface area contributed by atoms with Gasteiger partial charge in [0.2, 0.25) is 8.00 Å². The smallest absolute Gasteiger partial charge is 0.273 e. The van der Waals surface area contributed by atoms with Gasteiger partial charge in [-0.3, -0.25) is 9.10 Å². The maximum Gasteiger partial charge on any atom is 0.273 e. The Balaban J connectivity index is 1.86. The third-order valence-corrected chi connectivity index (χ3v) is 8.89. The number of carbonyl (C=O) groups excluding carboxylic acids is 1. The highest BCUT2D eigenvalue weighted by atomic mass is 35.5. The number of halogens is 4. The van der Waals surface area contributed by atoms with E-state index in [9.17, 15) is 4.79 Å². The first kappa shape index (κ1) is 27.0. The van der Waals surface area contributed by atoms with E-state index in [-0.39, 0.29) is 0 Å². The molecule has 1 aliphatic heterocycles. The fourth-order valence-corrected chi connectivity index (χ4v) is 5.56. The molecule has 2 nitrogen and oxygen atoms in total. The topological polar surface area (TPSA) is 20.3 Å². The zero-order valence-corrected chi connectivity index (χ0v) is 21.1. The van der Waals surface area contributed by atoms with Gasteiger partial charge in [-0.25, -0.2) is 0 Å². The summed E-state index contributed by atoms with van der Waals surface area (Å²) in [5.74, 6) is -0.410. The molecular weight excluding hydrogens is 456 g/mol. The van der Waals surface area contributed by atoms with E-state index in [0.717, 1.165) is 24.8 Å². The maximum atomic E-state index is 12.1. The van der Waals surface area contributed by atoms with Gasteiger partial charge in [-0.2, -0.15) is 0 Å². The minimum absolute atomic E-state index is 0.410. The summed E-state index contributed by atoms with van der Waals surface area (Å²) in [6.45, 7) is 2.86. The molecule has 7 heteroatoms. The molecule has 28 heavy (non-hydrogen) atoms. The number of carbonyl (C=O) groups is 1. The first-order chi connectivity index (χ1) is 13.3. The van der Waals surface area contributed by atoms with E-state index in [0.29, 0.717) is 6.54 Å². The van der Waals surface area contributed by atoms with Gasteiger partial charge >= 0.3 is 0 Å². The van der Waals surface area contributed by atoms with Gasteiger partial charge in [-0.15, -0.1) is 0 Å². The van der Waals surface area contributed by atoms with Crippen LogP contribution in [0.15, 0.2) is 0 Å². The fraction of sp³-hybridized carbons (Fsp3) is 0.952. The summed E-state index contributed by atoms with van der Waals surface area (Å²) in [5, 5.41) is 0. The van der Waals surface area contributed by atoms with E-state index < -0.39 is 13.9 Å². The lowest BCUT2D eigenvalue weighted by Gasteiger charge is -2.18. The molecule has 1 saturated heterocycles. The molecule has 0 radical (unpaired) electrons. The van der Waals surface area contributed by atoms with Crippen LogP contribution in [0.25, 0.3) is 0 Å². The molecule has 0 saturated carbocycles. The van der Waals surface area contributed by atoms with Gasteiger partial charge in [0.05, 0.1) is 0 Å². The van der Waals surface area contributed by atoms with Crippen molar-refractivity contribution in [2.75, 3.05) is 6.54 Å². The predicted molar refractivity (Wildman–Crippen MR) is 128 cm³/mol. The zero-order chi connectivity index (χ0) is 20.9. The van der Waals surface area contributed by atoms with Gasteiger partial charge in [0.1, 0.15) is 0 Å². The highest BCUT2D eigenvalue weighted by molar-refractivity contribution is 8.02.